The van der Waals surface area contributed by atoms with E-state index in [4.69, 9.17) is 0 Å². The highest BCUT2D eigenvalue weighted by Gasteiger charge is 2.09. The number of rotatable bonds is 5. The molecule has 0 heterocycles. The van der Waals surface area contributed by atoms with Crippen LogP contribution in [0.5, 0.6) is 0 Å². The van der Waals surface area contributed by atoms with E-state index in [1.165, 1.54) is 17.7 Å². The van der Waals surface area contributed by atoms with Crippen LogP contribution in [0.25, 0.3) is 0 Å². The maximum absolute atomic E-state index is 3.54. The van der Waals surface area contributed by atoms with Gasteiger partial charge in [0.1, 0.15) is 0 Å². The molecule has 3 heteroatoms. The van der Waals surface area contributed by atoms with Gasteiger partial charge >= 0.3 is 0 Å². The van der Waals surface area contributed by atoms with Gasteiger partial charge in [0.05, 0.1) is 0 Å². The average molecular weight is 349 g/mol. The van der Waals surface area contributed by atoms with Crippen LogP contribution in [0.3, 0.4) is 0 Å². The van der Waals surface area contributed by atoms with Gasteiger partial charge in [0.25, 0.3) is 0 Å². The van der Waals surface area contributed by atoms with E-state index in [0.717, 1.165) is 22.3 Å². The lowest BCUT2D eigenvalue weighted by Crippen LogP contribution is -2.24. The lowest BCUT2D eigenvalue weighted by atomic mass is 10.1. The van der Waals surface area contributed by atoms with Crippen molar-refractivity contribution in [3.63, 3.8) is 0 Å². The molecule has 1 rings (SSSR count). The lowest BCUT2D eigenvalue weighted by molar-refractivity contribution is 0.559. The van der Waals surface area contributed by atoms with Crippen molar-refractivity contribution < 1.29 is 0 Å². The van der Waals surface area contributed by atoms with Crippen molar-refractivity contribution in [2.24, 2.45) is 5.92 Å². The Bertz CT molecular complexity index is 339. The molecular formula is C13H19Br2N. The summed E-state index contributed by atoms with van der Waals surface area (Å²) >= 11 is 7.08. The number of halogens is 2. The van der Waals surface area contributed by atoms with E-state index in [-0.39, 0.29) is 0 Å². The van der Waals surface area contributed by atoms with Gasteiger partial charge in [-0.3, -0.25) is 0 Å². The molecule has 1 aromatic rings. The minimum atomic E-state index is 0.729. The van der Waals surface area contributed by atoms with Crippen LogP contribution in [0.4, 0.5) is 5.69 Å². The summed E-state index contributed by atoms with van der Waals surface area (Å²) in [6.45, 7) is 5.64. The van der Waals surface area contributed by atoms with E-state index >= 15 is 0 Å². The van der Waals surface area contributed by atoms with Crippen molar-refractivity contribution in [3.8, 4) is 0 Å². The third-order valence-corrected chi connectivity index (χ3v) is 3.98. The highest BCUT2D eigenvalue weighted by molar-refractivity contribution is 9.10. The van der Waals surface area contributed by atoms with E-state index in [9.17, 15) is 0 Å². The molecule has 90 valence electrons. The van der Waals surface area contributed by atoms with E-state index in [0.29, 0.717) is 0 Å². The SMILES string of the molecule is CCC(C)CN(C)c1cc(Br)ccc1CBr. The molecule has 0 fully saturated rings. The number of nitrogens with zero attached hydrogens (tertiary/aromatic N) is 1. The van der Waals surface area contributed by atoms with Crippen LogP contribution in [0.2, 0.25) is 0 Å². The first-order valence-corrected chi connectivity index (χ1v) is 7.55. The molecule has 0 N–H and O–H groups in total. The number of benzene rings is 1. The van der Waals surface area contributed by atoms with Gasteiger partial charge < -0.3 is 4.90 Å². The minimum Gasteiger partial charge on any atom is -0.374 e. The quantitative estimate of drug-likeness (QED) is 0.689. The predicted molar refractivity (Wildman–Crippen MR) is 79.5 cm³/mol. The van der Waals surface area contributed by atoms with Gasteiger partial charge in [0.15, 0.2) is 0 Å². The van der Waals surface area contributed by atoms with Gasteiger partial charge in [-0.15, -0.1) is 0 Å². The van der Waals surface area contributed by atoms with Crippen LogP contribution >= 0.6 is 31.9 Å². The zero-order valence-electron chi connectivity index (χ0n) is 10.1. The zero-order valence-corrected chi connectivity index (χ0v) is 13.3. The van der Waals surface area contributed by atoms with Crippen molar-refractivity contribution in [1.82, 2.24) is 0 Å². The second-order valence-corrected chi connectivity index (χ2v) is 5.78. The fourth-order valence-electron chi connectivity index (χ4n) is 1.70. The molecule has 16 heavy (non-hydrogen) atoms. The van der Waals surface area contributed by atoms with E-state index in [1.54, 1.807) is 0 Å². The van der Waals surface area contributed by atoms with Crippen molar-refractivity contribution in [2.75, 3.05) is 18.5 Å². The Kier molecular flexibility index (Phi) is 5.84. The average Bonchev–Trinajstić information content (AvgIpc) is 2.28. The van der Waals surface area contributed by atoms with Gasteiger partial charge in [-0.2, -0.15) is 0 Å². The smallest absolute Gasteiger partial charge is 0.0416 e. The minimum absolute atomic E-state index is 0.729. The summed E-state index contributed by atoms with van der Waals surface area (Å²) < 4.78 is 1.14. The molecule has 0 aliphatic heterocycles. The van der Waals surface area contributed by atoms with Crippen molar-refractivity contribution in [1.29, 1.82) is 0 Å². The largest absolute Gasteiger partial charge is 0.374 e. The highest BCUT2D eigenvalue weighted by atomic mass is 79.9. The number of hydrogen-bond acceptors (Lipinski definition) is 1. The standard InChI is InChI=1S/C13H19Br2N/c1-4-10(2)9-16(3)13-7-12(15)6-5-11(13)8-14/h5-7,10H,4,8-9H2,1-3H3. The molecule has 0 saturated carbocycles. The van der Waals surface area contributed by atoms with Crippen LogP contribution in [-0.2, 0) is 5.33 Å². The van der Waals surface area contributed by atoms with Gasteiger partial charge in [-0.25, -0.2) is 0 Å². The summed E-state index contributed by atoms with van der Waals surface area (Å²) in [6, 6.07) is 6.46. The van der Waals surface area contributed by atoms with Gasteiger partial charge in [0.2, 0.25) is 0 Å². The first-order valence-electron chi connectivity index (χ1n) is 5.64. The molecule has 0 radical (unpaired) electrons. The molecule has 0 aromatic heterocycles. The molecule has 0 bridgehead atoms. The highest BCUT2D eigenvalue weighted by Crippen LogP contribution is 2.27. The summed E-state index contributed by atoms with van der Waals surface area (Å²) in [7, 11) is 2.17. The van der Waals surface area contributed by atoms with Gasteiger partial charge in [-0.1, -0.05) is 58.2 Å². The fraction of sp³-hybridized carbons (Fsp3) is 0.538. The van der Waals surface area contributed by atoms with Crippen molar-refractivity contribution in [2.45, 2.75) is 25.6 Å². The Morgan fingerprint density at radius 3 is 2.62 bits per heavy atom. The van der Waals surface area contributed by atoms with Gasteiger partial charge in [-0.05, 0) is 23.6 Å². The topological polar surface area (TPSA) is 3.24 Å². The monoisotopic (exact) mass is 347 g/mol. The normalized spacial score (nSPS) is 12.6. The maximum Gasteiger partial charge on any atom is 0.0416 e. The van der Waals surface area contributed by atoms with Crippen molar-refractivity contribution in [3.05, 3.63) is 28.2 Å². The van der Waals surface area contributed by atoms with Crippen LogP contribution in [0.1, 0.15) is 25.8 Å². The molecule has 0 saturated heterocycles. The predicted octanol–water partition coefficient (Wildman–Crippen LogP) is 4.83. The van der Waals surface area contributed by atoms with Crippen LogP contribution < -0.4 is 4.90 Å². The van der Waals surface area contributed by atoms with E-state index in [1.807, 2.05) is 0 Å². The van der Waals surface area contributed by atoms with Crippen LogP contribution in [-0.4, -0.2) is 13.6 Å². The summed E-state index contributed by atoms with van der Waals surface area (Å²) in [6.07, 6.45) is 1.22. The summed E-state index contributed by atoms with van der Waals surface area (Å²) in [4.78, 5) is 2.34. The molecule has 1 aromatic carbocycles. The Morgan fingerprint density at radius 1 is 1.38 bits per heavy atom. The first-order chi connectivity index (χ1) is 7.58. The molecule has 1 atom stereocenters. The summed E-state index contributed by atoms with van der Waals surface area (Å²) in [5.41, 5.74) is 2.65. The Morgan fingerprint density at radius 2 is 2.06 bits per heavy atom. The second-order valence-electron chi connectivity index (χ2n) is 4.30. The molecule has 0 aliphatic carbocycles. The summed E-state index contributed by atoms with van der Waals surface area (Å²) in [5.74, 6) is 0.729. The first kappa shape index (κ1) is 14.0. The van der Waals surface area contributed by atoms with E-state index in [2.05, 4.69) is 75.9 Å². The number of alkyl halides is 1. The Hall–Kier alpha value is -0.0200. The summed E-state index contributed by atoms with van der Waals surface area (Å²) in [5, 5.41) is 0.903. The molecule has 0 amide bonds. The fourth-order valence-corrected chi connectivity index (χ4v) is 2.52. The molecular weight excluding hydrogens is 330 g/mol. The van der Waals surface area contributed by atoms with Crippen LogP contribution in [0, 0.1) is 5.92 Å². The lowest BCUT2D eigenvalue weighted by Gasteiger charge is -2.25. The Labute approximate surface area is 115 Å². The van der Waals surface area contributed by atoms with Crippen molar-refractivity contribution >= 4 is 37.5 Å². The molecule has 1 nitrogen and oxygen atoms in total. The molecule has 0 spiro atoms. The second kappa shape index (κ2) is 6.65. The maximum atomic E-state index is 3.54. The van der Waals surface area contributed by atoms with Gasteiger partial charge in [0, 0.05) is 29.1 Å². The molecule has 0 aliphatic rings. The number of anilines is 1. The molecule has 1 unspecified atom stereocenters. The van der Waals surface area contributed by atoms with Crippen LogP contribution in [0.15, 0.2) is 22.7 Å². The Balaban J connectivity index is 2.88. The third kappa shape index (κ3) is 3.77. The zero-order chi connectivity index (χ0) is 12.1. The third-order valence-electron chi connectivity index (χ3n) is 2.89. The van der Waals surface area contributed by atoms with E-state index < -0.39 is 0 Å². The number of hydrogen-bond donors (Lipinski definition) is 0.